The van der Waals surface area contributed by atoms with Gasteiger partial charge in [-0.3, -0.25) is 14.3 Å². The molecule has 0 radical (unpaired) electrons. The molecule has 0 aliphatic rings. The maximum atomic E-state index is 12.8. The molecule has 2 amide bonds. The van der Waals surface area contributed by atoms with Crippen LogP contribution in [-0.4, -0.2) is 20.2 Å². The zero-order valence-corrected chi connectivity index (χ0v) is 18.5. The minimum atomic E-state index is -3.99. The quantitative estimate of drug-likeness (QED) is 0.464. The summed E-state index contributed by atoms with van der Waals surface area (Å²) in [6.07, 6.45) is 0. The summed E-state index contributed by atoms with van der Waals surface area (Å²) in [5, 5.41) is 5.90. The molecule has 0 aliphatic carbocycles. The van der Waals surface area contributed by atoms with E-state index in [9.17, 15) is 18.0 Å². The van der Waals surface area contributed by atoms with Gasteiger partial charge in [0.15, 0.2) is 0 Å². The van der Waals surface area contributed by atoms with Gasteiger partial charge >= 0.3 is 0 Å². The van der Waals surface area contributed by atoms with Gasteiger partial charge in [-0.2, -0.15) is 0 Å². The Morgan fingerprint density at radius 2 is 1.42 bits per heavy atom. The summed E-state index contributed by atoms with van der Waals surface area (Å²) in [6.45, 7) is 1.35. The van der Waals surface area contributed by atoms with Crippen LogP contribution in [0, 0.1) is 0 Å². The minimum Gasteiger partial charge on any atom is -0.326 e. The van der Waals surface area contributed by atoms with Gasteiger partial charge in [-0.15, -0.1) is 0 Å². The van der Waals surface area contributed by atoms with Gasteiger partial charge in [-0.1, -0.05) is 35.3 Å². The Balaban J connectivity index is 1.84. The van der Waals surface area contributed by atoms with E-state index >= 15 is 0 Å². The average Bonchev–Trinajstić information content (AvgIpc) is 2.67. The lowest BCUT2D eigenvalue weighted by Crippen LogP contribution is -2.18. The third-order valence-corrected chi connectivity index (χ3v) is 5.84. The summed E-state index contributed by atoms with van der Waals surface area (Å²) >= 11 is 11.9. The molecule has 3 aromatic carbocycles. The van der Waals surface area contributed by atoms with Crippen molar-refractivity contribution in [1.82, 2.24) is 0 Å². The number of nitrogens with one attached hydrogen (secondary N) is 3. The van der Waals surface area contributed by atoms with E-state index in [1.807, 2.05) is 0 Å². The van der Waals surface area contributed by atoms with Gasteiger partial charge in [-0.25, -0.2) is 8.42 Å². The standard InChI is InChI=1S/C21H17Cl2N3O4S/c1-13(27)24-16-6-8-18(9-7-16)31(29,30)26-20-5-3-2-4-19(20)21(28)25-17-11-14(22)10-15(23)12-17/h2-12,26H,1H3,(H,24,27)(H,25,28). The number of halogens is 2. The van der Waals surface area contributed by atoms with Crippen LogP contribution in [0.15, 0.2) is 71.6 Å². The summed E-state index contributed by atoms with van der Waals surface area (Å²) in [5.74, 6) is -0.813. The maximum absolute atomic E-state index is 12.8. The number of rotatable bonds is 6. The molecule has 0 unspecified atom stereocenters. The van der Waals surface area contributed by atoms with Gasteiger partial charge in [0.2, 0.25) is 5.91 Å². The van der Waals surface area contributed by atoms with E-state index in [0.29, 0.717) is 21.4 Å². The fraction of sp³-hybridized carbons (Fsp3) is 0.0476. The van der Waals surface area contributed by atoms with Gasteiger partial charge in [-0.05, 0) is 54.6 Å². The van der Waals surface area contributed by atoms with Crippen molar-refractivity contribution in [1.29, 1.82) is 0 Å². The third kappa shape index (κ3) is 5.97. The molecule has 0 saturated carbocycles. The number of hydrogen-bond donors (Lipinski definition) is 3. The van der Waals surface area contributed by atoms with E-state index in [-0.39, 0.29) is 22.1 Å². The molecule has 0 aliphatic heterocycles. The molecule has 7 nitrogen and oxygen atoms in total. The number of hydrogen-bond acceptors (Lipinski definition) is 4. The van der Waals surface area contributed by atoms with Crippen molar-refractivity contribution in [2.24, 2.45) is 0 Å². The van der Waals surface area contributed by atoms with E-state index in [1.54, 1.807) is 12.1 Å². The van der Waals surface area contributed by atoms with E-state index in [1.165, 1.54) is 61.5 Å². The lowest BCUT2D eigenvalue weighted by atomic mass is 10.1. The topological polar surface area (TPSA) is 104 Å². The Morgan fingerprint density at radius 1 is 0.806 bits per heavy atom. The van der Waals surface area contributed by atoms with Gasteiger partial charge in [0, 0.05) is 28.3 Å². The van der Waals surface area contributed by atoms with Crippen molar-refractivity contribution in [3.8, 4) is 0 Å². The van der Waals surface area contributed by atoms with Crippen LogP contribution in [0.3, 0.4) is 0 Å². The summed E-state index contributed by atoms with van der Waals surface area (Å²) in [6, 6.07) is 16.4. The van der Waals surface area contributed by atoms with Crippen molar-refractivity contribution in [3.63, 3.8) is 0 Å². The molecule has 0 fully saturated rings. The summed E-state index contributed by atoms with van der Waals surface area (Å²) in [4.78, 5) is 23.8. The molecule has 0 aromatic heterocycles. The second-order valence-electron chi connectivity index (χ2n) is 6.47. The number of anilines is 3. The Bertz CT molecular complexity index is 1230. The molecule has 31 heavy (non-hydrogen) atoms. The number of benzene rings is 3. The van der Waals surface area contributed by atoms with Crippen molar-refractivity contribution in [2.45, 2.75) is 11.8 Å². The van der Waals surface area contributed by atoms with Gasteiger partial charge < -0.3 is 10.6 Å². The van der Waals surface area contributed by atoms with Crippen LogP contribution in [0.5, 0.6) is 0 Å². The fourth-order valence-corrected chi connectivity index (χ4v) is 4.32. The van der Waals surface area contributed by atoms with Gasteiger partial charge in [0.05, 0.1) is 16.1 Å². The fourth-order valence-electron chi connectivity index (χ4n) is 2.72. The van der Waals surface area contributed by atoms with Gasteiger partial charge in [0.1, 0.15) is 0 Å². The van der Waals surface area contributed by atoms with Crippen molar-refractivity contribution in [3.05, 3.63) is 82.3 Å². The van der Waals surface area contributed by atoms with Crippen LogP contribution in [-0.2, 0) is 14.8 Å². The lowest BCUT2D eigenvalue weighted by molar-refractivity contribution is -0.114. The average molecular weight is 478 g/mol. The smallest absolute Gasteiger partial charge is 0.261 e. The SMILES string of the molecule is CC(=O)Nc1ccc(S(=O)(=O)Nc2ccccc2C(=O)Nc2cc(Cl)cc(Cl)c2)cc1. The molecule has 3 aromatic rings. The largest absolute Gasteiger partial charge is 0.326 e. The molecule has 0 bridgehead atoms. The minimum absolute atomic E-state index is 0.0292. The highest BCUT2D eigenvalue weighted by molar-refractivity contribution is 7.92. The van der Waals surface area contributed by atoms with Crippen LogP contribution in [0.2, 0.25) is 10.0 Å². The van der Waals surface area contributed by atoms with E-state index < -0.39 is 15.9 Å². The second kappa shape index (κ2) is 9.38. The Labute approximate surface area is 189 Å². The first-order chi connectivity index (χ1) is 14.6. The van der Waals surface area contributed by atoms with Gasteiger partial charge in [0.25, 0.3) is 15.9 Å². The number of carbonyl (C=O) groups excluding carboxylic acids is 2. The first-order valence-electron chi connectivity index (χ1n) is 8.91. The Morgan fingerprint density at radius 3 is 2.03 bits per heavy atom. The normalized spacial score (nSPS) is 10.9. The first-order valence-corrected chi connectivity index (χ1v) is 11.1. The van der Waals surface area contributed by atoms with E-state index in [4.69, 9.17) is 23.2 Å². The molecule has 0 spiro atoms. The number of amides is 2. The summed E-state index contributed by atoms with van der Waals surface area (Å²) in [7, 11) is -3.99. The number of sulfonamides is 1. The highest BCUT2D eigenvalue weighted by Gasteiger charge is 2.19. The summed E-state index contributed by atoms with van der Waals surface area (Å²) < 4.78 is 28.0. The zero-order chi connectivity index (χ0) is 22.6. The van der Waals surface area contributed by atoms with Crippen molar-refractivity contribution < 1.29 is 18.0 Å². The molecule has 0 saturated heterocycles. The monoisotopic (exact) mass is 477 g/mol. The zero-order valence-electron chi connectivity index (χ0n) is 16.1. The second-order valence-corrected chi connectivity index (χ2v) is 9.02. The predicted molar refractivity (Wildman–Crippen MR) is 122 cm³/mol. The van der Waals surface area contributed by atoms with Crippen LogP contribution in [0.4, 0.5) is 17.1 Å². The molecule has 3 rings (SSSR count). The predicted octanol–water partition coefficient (Wildman–Crippen LogP) is 5.00. The molecular formula is C21H17Cl2N3O4S. The Kier molecular flexibility index (Phi) is 6.84. The first kappa shape index (κ1) is 22.6. The van der Waals surface area contributed by atoms with Crippen LogP contribution >= 0.6 is 23.2 Å². The maximum Gasteiger partial charge on any atom is 0.261 e. The molecule has 10 heteroatoms. The third-order valence-electron chi connectivity index (χ3n) is 4.02. The van der Waals surface area contributed by atoms with E-state index in [2.05, 4.69) is 15.4 Å². The molecule has 160 valence electrons. The summed E-state index contributed by atoms with van der Waals surface area (Å²) in [5.41, 5.74) is 1.04. The highest BCUT2D eigenvalue weighted by atomic mass is 35.5. The van der Waals surface area contributed by atoms with Crippen LogP contribution in [0.1, 0.15) is 17.3 Å². The highest BCUT2D eigenvalue weighted by Crippen LogP contribution is 2.25. The van der Waals surface area contributed by atoms with Crippen molar-refractivity contribution in [2.75, 3.05) is 15.4 Å². The van der Waals surface area contributed by atoms with Crippen LogP contribution in [0.25, 0.3) is 0 Å². The number of carbonyl (C=O) groups is 2. The molecular weight excluding hydrogens is 461 g/mol. The molecule has 3 N–H and O–H groups in total. The molecule has 0 heterocycles. The molecule has 0 atom stereocenters. The lowest BCUT2D eigenvalue weighted by Gasteiger charge is -2.13. The van der Waals surface area contributed by atoms with E-state index in [0.717, 1.165) is 0 Å². The number of para-hydroxylation sites is 1. The van der Waals surface area contributed by atoms with Crippen LogP contribution < -0.4 is 15.4 Å². The van der Waals surface area contributed by atoms with Crippen molar-refractivity contribution >= 4 is 62.1 Å². The Hall–Kier alpha value is -3.07.